The van der Waals surface area contributed by atoms with Gasteiger partial charge in [0.15, 0.2) is 0 Å². The van der Waals surface area contributed by atoms with Crippen LogP contribution in [0.15, 0.2) is 30.3 Å². The molecule has 1 aromatic rings. The monoisotopic (exact) mass is 163 g/mol. The molecule has 0 aromatic heterocycles. The number of hydrogen-bond donors (Lipinski definition) is 1. The number of rotatable bonds is 2. The lowest BCUT2D eigenvalue weighted by Crippen LogP contribution is -2.20. The van der Waals surface area contributed by atoms with Crippen LogP contribution < -0.4 is 5.73 Å². The van der Waals surface area contributed by atoms with Crippen molar-refractivity contribution < 1.29 is 4.74 Å². The van der Waals surface area contributed by atoms with E-state index in [-0.39, 0.29) is 11.6 Å². The minimum atomic E-state index is -0.179. The molecular formula is C10H13NO. The van der Waals surface area contributed by atoms with Gasteiger partial charge in [-0.15, -0.1) is 0 Å². The summed E-state index contributed by atoms with van der Waals surface area (Å²) in [5, 5.41) is 0. The van der Waals surface area contributed by atoms with Crippen LogP contribution in [-0.2, 0) is 10.3 Å². The summed E-state index contributed by atoms with van der Waals surface area (Å²) in [4.78, 5) is 0. The Labute approximate surface area is 72.3 Å². The smallest absolute Gasteiger partial charge is 0.109 e. The molecular weight excluding hydrogens is 150 g/mol. The standard InChI is InChI=1S/C10H13NO/c1-12-10(7-9(10)11)8-5-3-2-4-6-8/h2-6,9H,7,11H2,1H3/t9-,10-/m0/s1. The van der Waals surface area contributed by atoms with Crippen LogP contribution in [0.25, 0.3) is 0 Å². The van der Waals surface area contributed by atoms with Gasteiger partial charge in [-0.3, -0.25) is 0 Å². The van der Waals surface area contributed by atoms with E-state index < -0.39 is 0 Å². The van der Waals surface area contributed by atoms with Gasteiger partial charge in [0, 0.05) is 19.6 Å². The fourth-order valence-corrected chi connectivity index (χ4v) is 1.67. The van der Waals surface area contributed by atoms with Gasteiger partial charge in [0.05, 0.1) is 0 Å². The minimum Gasteiger partial charge on any atom is -0.372 e. The third kappa shape index (κ3) is 0.958. The fraction of sp³-hybridized carbons (Fsp3) is 0.400. The Bertz CT molecular complexity index is 268. The molecule has 2 N–H and O–H groups in total. The average Bonchev–Trinajstić information content (AvgIpc) is 2.80. The summed E-state index contributed by atoms with van der Waals surface area (Å²) in [6.07, 6.45) is 0.938. The highest BCUT2D eigenvalue weighted by atomic mass is 16.5. The lowest BCUT2D eigenvalue weighted by molar-refractivity contribution is 0.0736. The number of benzene rings is 1. The van der Waals surface area contributed by atoms with E-state index in [1.54, 1.807) is 7.11 Å². The second-order valence-electron chi connectivity index (χ2n) is 3.27. The van der Waals surface area contributed by atoms with Gasteiger partial charge in [-0.05, 0) is 5.56 Å². The maximum absolute atomic E-state index is 5.82. The van der Waals surface area contributed by atoms with E-state index in [4.69, 9.17) is 10.5 Å². The molecule has 2 nitrogen and oxygen atoms in total. The van der Waals surface area contributed by atoms with Crippen molar-refractivity contribution in [3.8, 4) is 0 Å². The van der Waals surface area contributed by atoms with Gasteiger partial charge in [-0.1, -0.05) is 30.3 Å². The molecule has 1 aliphatic rings. The van der Waals surface area contributed by atoms with E-state index in [2.05, 4.69) is 12.1 Å². The predicted octanol–water partition coefficient (Wildman–Crippen LogP) is 1.26. The fourth-order valence-electron chi connectivity index (χ4n) is 1.67. The molecule has 0 radical (unpaired) electrons. The Balaban J connectivity index is 2.31. The molecule has 0 heterocycles. The molecule has 2 atom stereocenters. The van der Waals surface area contributed by atoms with Crippen molar-refractivity contribution in [2.75, 3.05) is 7.11 Å². The van der Waals surface area contributed by atoms with E-state index in [1.165, 1.54) is 5.56 Å². The first-order valence-electron chi connectivity index (χ1n) is 4.16. The molecule has 0 amide bonds. The molecule has 1 aliphatic carbocycles. The van der Waals surface area contributed by atoms with Crippen molar-refractivity contribution in [3.05, 3.63) is 35.9 Å². The van der Waals surface area contributed by atoms with Crippen molar-refractivity contribution in [1.29, 1.82) is 0 Å². The zero-order valence-electron chi connectivity index (χ0n) is 7.16. The third-order valence-electron chi connectivity index (χ3n) is 2.59. The van der Waals surface area contributed by atoms with E-state index >= 15 is 0 Å². The molecule has 1 saturated carbocycles. The molecule has 0 aliphatic heterocycles. The molecule has 0 bridgehead atoms. The van der Waals surface area contributed by atoms with Crippen LogP contribution in [0.2, 0.25) is 0 Å². The van der Waals surface area contributed by atoms with Crippen molar-refractivity contribution in [1.82, 2.24) is 0 Å². The highest BCUT2D eigenvalue weighted by Crippen LogP contribution is 2.47. The Kier molecular flexibility index (Phi) is 1.67. The van der Waals surface area contributed by atoms with Gasteiger partial charge in [0.1, 0.15) is 5.60 Å². The molecule has 0 spiro atoms. The summed E-state index contributed by atoms with van der Waals surface area (Å²) in [5.74, 6) is 0. The van der Waals surface area contributed by atoms with Crippen molar-refractivity contribution >= 4 is 0 Å². The van der Waals surface area contributed by atoms with Crippen LogP contribution in [0.1, 0.15) is 12.0 Å². The van der Waals surface area contributed by atoms with Gasteiger partial charge in [0.2, 0.25) is 0 Å². The predicted molar refractivity (Wildman–Crippen MR) is 47.7 cm³/mol. The van der Waals surface area contributed by atoms with E-state index in [1.807, 2.05) is 18.2 Å². The normalized spacial score (nSPS) is 33.3. The van der Waals surface area contributed by atoms with Crippen molar-refractivity contribution in [2.45, 2.75) is 18.1 Å². The largest absolute Gasteiger partial charge is 0.372 e. The lowest BCUT2D eigenvalue weighted by Gasteiger charge is -2.14. The second kappa shape index (κ2) is 2.57. The second-order valence-corrected chi connectivity index (χ2v) is 3.27. The third-order valence-corrected chi connectivity index (χ3v) is 2.59. The summed E-state index contributed by atoms with van der Waals surface area (Å²) < 4.78 is 5.42. The summed E-state index contributed by atoms with van der Waals surface area (Å²) in [6.45, 7) is 0. The zero-order valence-corrected chi connectivity index (χ0v) is 7.16. The van der Waals surface area contributed by atoms with Gasteiger partial charge in [-0.25, -0.2) is 0 Å². The molecule has 0 saturated heterocycles. The van der Waals surface area contributed by atoms with Crippen LogP contribution >= 0.6 is 0 Å². The average molecular weight is 163 g/mol. The van der Waals surface area contributed by atoms with Crippen LogP contribution in [0, 0.1) is 0 Å². The molecule has 2 heteroatoms. The molecule has 12 heavy (non-hydrogen) atoms. The summed E-state index contributed by atoms with van der Waals surface area (Å²) in [7, 11) is 1.72. The number of hydrogen-bond acceptors (Lipinski definition) is 2. The summed E-state index contributed by atoms with van der Waals surface area (Å²) in [5.41, 5.74) is 6.83. The highest BCUT2D eigenvalue weighted by molar-refractivity contribution is 5.32. The minimum absolute atomic E-state index is 0.171. The number of nitrogens with two attached hydrogens (primary N) is 1. The first-order valence-corrected chi connectivity index (χ1v) is 4.16. The van der Waals surface area contributed by atoms with Crippen molar-refractivity contribution in [3.63, 3.8) is 0 Å². The van der Waals surface area contributed by atoms with Crippen LogP contribution in [-0.4, -0.2) is 13.2 Å². The van der Waals surface area contributed by atoms with Crippen LogP contribution in [0.5, 0.6) is 0 Å². The van der Waals surface area contributed by atoms with E-state index in [0.29, 0.717) is 0 Å². The first-order chi connectivity index (χ1) is 5.79. The number of ether oxygens (including phenoxy) is 1. The lowest BCUT2D eigenvalue weighted by atomic mass is 10.1. The molecule has 2 rings (SSSR count). The summed E-state index contributed by atoms with van der Waals surface area (Å²) >= 11 is 0. The molecule has 1 fully saturated rings. The zero-order chi connectivity index (χ0) is 8.60. The topological polar surface area (TPSA) is 35.2 Å². The quantitative estimate of drug-likeness (QED) is 0.712. The van der Waals surface area contributed by atoms with Gasteiger partial charge < -0.3 is 10.5 Å². The Hall–Kier alpha value is -0.860. The Morgan fingerprint density at radius 1 is 1.42 bits per heavy atom. The molecule has 64 valence electrons. The summed E-state index contributed by atoms with van der Waals surface area (Å²) in [6, 6.07) is 10.3. The Morgan fingerprint density at radius 2 is 2.00 bits per heavy atom. The van der Waals surface area contributed by atoms with Crippen LogP contribution in [0.3, 0.4) is 0 Å². The maximum atomic E-state index is 5.82. The molecule has 0 unspecified atom stereocenters. The maximum Gasteiger partial charge on any atom is 0.109 e. The highest BCUT2D eigenvalue weighted by Gasteiger charge is 2.53. The molecule has 1 aromatic carbocycles. The van der Waals surface area contributed by atoms with Gasteiger partial charge in [-0.2, -0.15) is 0 Å². The SMILES string of the molecule is CO[C@]1(c2ccccc2)C[C@@H]1N. The van der Waals surface area contributed by atoms with E-state index in [0.717, 1.165) is 6.42 Å². The van der Waals surface area contributed by atoms with Gasteiger partial charge >= 0.3 is 0 Å². The number of methoxy groups -OCH3 is 1. The van der Waals surface area contributed by atoms with Crippen molar-refractivity contribution in [2.24, 2.45) is 5.73 Å². The van der Waals surface area contributed by atoms with E-state index in [9.17, 15) is 0 Å². The first kappa shape index (κ1) is 7.77. The Morgan fingerprint density at radius 3 is 2.42 bits per heavy atom. The van der Waals surface area contributed by atoms with Crippen LogP contribution in [0.4, 0.5) is 0 Å². The van der Waals surface area contributed by atoms with Gasteiger partial charge in [0.25, 0.3) is 0 Å².